The Balaban J connectivity index is 2.54. The lowest BCUT2D eigenvalue weighted by molar-refractivity contribution is -0.883. The largest absolute Gasteiger partial charge is 0.631 e. The molecule has 0 spiro atoms. The highest BCUT2D eigenvalue weighted by atomic mass is 16.6. The maximum absolute atomic E-state index is 11.0. The summed E-state index contributed by atoms with van der Waals surface area (Å²) < 4.78 is 4.79. The van der Waals surface area contributed by atoms with Gasteiger partial charge in [0.05, 0.1) is 7.05 Å². The number of hydrogen-bond donors (Lipinski definition) is 0. The Bertz CT molecular complexity index is 92.4. The van der Waals surface area contributed by atoms with Gasteiger partial charge in [0.25, 0.3) is 0 Å². The van der Waals surface area contributed by atoms with Gasteiger partial charge in [-0.05, 0) is 0 Å². The first-order chi connectivity index (χ1) is 3.63. The normalized spacial score (nSPS) is 47.6. The zero-order valence-electron chi connectivity index (χ0n) is 5.26. The molecule has 0 saturated carbocycles. The zero-order valence-corrected chi connectivity index (χ0v) is 5.26. The predicted molar refractivity (Wildman–Crippen MR) is 29.8 cm³/mol. The van der Waals surface area contributed by atoms with Crippen molar-refractivity contribution in [2.45, 2.75) is 13.2 Å². The van der Waals surface area contributed by atoms with Gasteiger partial charge in [-0.2, -0.15) is 0 Å². The van der Waals surface area contributed by atoms with Crippen molar-refractivity contribution in [3.05, 3.63) is 5.21 Å². The summed E-state index contributed by atoms with van der Waals surface area (Å²) in [5.74, 6) is 0. The van der Waals surface area contributed by atoms with Gasteiger partial charge in [0, 0.05) is 6.92 Å². The molecule has 1 heterocycles. The maximum atomic E-state index is 11.0. The van der Waals surface area contributed by atoms with Gasteiger partial charge >= 0.3 is 0 Å². The third-order valence-electron chi connectivity index (χ3n) is 1.66. The molecule has 48 valence electrons. The van der Waals surface area contributed by atoms with E-state index < -0.39 is 0 Å². The Morgan fingerprint density at radius 1 is 1.75 bits per heavy atom. The standard InChI is InChI=1S/C5H11NO2/c1-5-6(2,7)3-4-8-5/h5H,3-4H2,1-2H3. The summed E-state index contributed by atoms with van der Waals surface area (Å²) in [4.78, 5) is 0. The van der Waals surface area contributed by atoms with Crippen molar-refractivity contribution < 1.29 is 9.38 Å². The van der Waals surface area contributed by atoms with Gasteiger partial charge in [-0.3, -0.25) is 0 Å². The van der Waals surface area contributed by atoms with Crippen LogP contribution in [0.15, 0.2) is 0 Å². The summed E-state index contributed by atoms with van der Waals surface area (Å²) in [5.41, 5.74) is 0. The Morgan fingerprint density at radius 3 is 2.50 bits per heavy atom. The first kappa shape index (κ1) is 6.01. The monoisotopic (exact) mass is 117 g/mol. The second-order valence-corrected chi connectivity index (χ2v) is 2.37. The zero-order chi connectivity index (χ0) is 6.20. The van der Waals surface area contributed by atoms with Crippen molar-refractivity contribution in [1.82, 2.24) is 0 Å². The number of hydroxylamine groups is 3. The van der Waals surface area contributed by atoms with E-state index in [1.54, 1.807) is 14.0 Å². The highest BCUT2D eigenvalue weighted by Gasteiger charge is 2.26. The van der Waals surface area contributed by atoms with Crippen LogP contribution in [0.4, 0.5) is 0 Å². The smallest absolute Gasteiger partial charge is 0.190 e. The predicted octanol–water partition coefficient (Wildman–Crippen LogP) is 0.307. The summed E-state index contributed by atoms with van der Waals surface area (Å²) in [6, 6.07) is 0. The fourth-order valence-corrected chi connectivity index (χ4v) is 0.744. The second kappa shape index (κ2) is 1.69. The van der Waals surface area contributed by atoms with Crippen LogP contribution in [0.5, 0.6) is 0 Å². The van der Waals surface area contributed by atoms with Crippen LogP contribution < -0.4 is 0 Å². The second-order valence-electron chi connectivity index (χ2n) is 2.37. The summed E-state index contributed by atoms with van der Waals surface area (Å²) >= 11 is 0. The van der Waals surface area contributed by atoms with Crippen LogP contribution in [0, 0.1) is 5.21 Å². The van der Waals surface area contributed by atoms with E-state index in [0.29, 0.717) is 13.2 Å². The molecule has 1 fully saturated rings. The number of hydrogen-bond acceptors (Lipinski definition) is 2. The van der Waals surface area contributed by atoms with E-state index in [2.05, 4.69) is 0 Å². The SMILES string of the molecule is CC1OCC[N+]1(C)[O-]. The van der Waals surface area contributed by atoms with E-state index in [1.165, 1.54) is 0 Å². The van der Waals surface area contributed by atoms with Crippen LogP contribution in [0.2, 0.25) is 0 Å². The van der Waals surface area contributed by atoms with Crippen molar-refractivity contribution in [3.63, 3.8) is 0 Å². The molecule has 2 atom stereocenters. The summed E-state index contributed by atoms with van der Waals surface area (Å²) in [7, 11) is 1.64. The van der Waals surface area contributed by atoms with Gasteiger partial charge in [-0.25, -0.2) is 0 Å². The minimum Gasteiger partial charge on any atom is -0.631 e. The van der Waals surface area contributed by atoms with Gasteiger partial charge in [-0.1, -0.05) is 0 Å². The molecule has 1 saturated heterocycles. The third-order valence-corrected chi connectivity index (χ3v) is 1.66. The molecule has 3 heteroatoms. The highest BCUT2D eigenvalue weighted by molar-refractivity contribution is 4.48. The first-order valence-corrected chi connectivity index (χ1v) is 2.81. The minimum absolute atomic E-state index is 0.157. The number of nitrogens with zero attached hydrogens (tertiary/aromatic N) is 1. The average Bonchev–Trinajstić information content (AvgIpc) is 1.86. The van der Waals surface area contributed by atoms with Crippen molar-refractivity contribution >= 4 is 0 Å². The van der Waals surface area contributed by atoms with E-state index in [0.717, 1.165) is 0 Å². The molecule has 0 aromatic carbocycles. The Morgan fingerprint density at radius 2 is 2.38 bits per heavy atom. The first-order valence-electron chi connectivity index (χ1n) is 2.81. The van der Waals surface area contributed by atoms with Crippen LogP contribution in [0.1, 0.15) is 6.92 Å². The molecule has 0 radical (unpaired) electrons. The molecule has 1 rings (SSSR count). The van der Waals surface area contributed by atoms with Crippen molar-refractivity contribution in [2.24, 2.45) is 0 Å². The number of rotatable bonds is 0. The number of quaternary nitrogens is 1. The quantitative estimate of drug-likeness (QED) is 0.338. The molecule has 0 aromatic heterocycles. The van der Waals surface area contributed by atoms with Gasteiger partial charge < -0.3 is 14.6 Å². The lowest BCUT2D eigenvalue weighted by atomic mass is 10.5. The fraction of sp³-hybridized carbons (Fsp3) is 1.00. The van der Waals surface area contributed by atoms with Gasteiger partial charge in [0.1, 0.15) is 13.2 Å². The molecule has 0 bridgehead atoms. The Labute approximate surface area is 49.0 Å². The molecule has 2 unspecified atom stereocenters. The van der Waals surface area contributed by atoms with E-state index in [4.69, 9.17) is 4.74 Å². The molecule has 0 amide bonds. The van der Waals surface area contributed by atoms with E-state index >= 15 is 0 Å². The van der Waals surface area contributed by atoms with Gasteiger partial charge in [-0.15, -0.1) is 0 Å². The topological polar surface area (TPSA) is 32.3 Å². The molecule has 0 aliphatic carbocycles. The molecule has 1 aliphatic rings. The molecule has 1 aliphatic heterocycles. The van der Waals surface area contributed by atoms with E-state index in [1.807, 2.05) is 0 Å². The molecule has 8 heavy (non-hydrogen) atoms. The van der Waals surface area contributed by atoms with Crippen LogP contribution in [0.25, 0.3) is 0 Å². The maximum Gasteiger partial charge on any atom is 0.190 e. The highest BCUT2D eigenvalue weighted by Crippen LogP contribution is 2.14. The average molecular weight is 117 g/mol. The molecular weight excluding hydrogens is 106 g/mol. The summed E-state index contributed by atoms with van der Waals surface area (Å²) in [6.45, 7) is 3.02. The minimum atomic E-state index is -0.236. The summed E-state index contributed by atoms with van der Waals surface area (Å²) in [5, 5.41) is 11.0. The van der Waals surface area contributed by atoms with Gasteiger partial charge in [0.2, 0.25) is 0 Å². The fourth-order valence-electron chi connectivity index (χ4n) is 0.744. The Kier molecular flexibility index (Phi) is 1.27. The lowest BCUT2D eigenvalue weighted by Crippen LogP contribution is -2.40. The third kappa shape index (κ3) is 0.844. The van der Waals surface area contributed by atoms with Crippen molar-refractivity contribution in [3.8, 4) is 0 Å². The number of ether oxygens (including phenoxy) is 1. The molecular formula is C5H11NO2. The summed E-state index contributed by atoms with van der Waals surface area (Å²) in [6.07, 6.45) is -0.157. The van der Waals surface area contributed by atoms with Crippen molar-refractivity contribution in [2.75, 3.05) is 20.2 Å². The van der Waals surface area contributed by atoms with E-state index in [-0.39, 0.29) is 10.9 Å². The van der Waals surface area contributed by atoms with Crippen LogP contribution in [-0.4, -0.2) is 31.1 Å². The molecule has 0 aromatic rings. The molecule has 0 N–H and O–H groups in total. The van der Waals surface area contributed by atoms with E-state index in [9.17, 15) is 5.21 Å². The van der Waals surface area contributed by atoms with Crippen LogP contribution in [0.3, 0.4) is 0 Å². The van der Waals surface area contributed by atoms with Crippen molar-refractivity contribution in [1.29, 1.82) is 0 Å². The Hall–Kier alpha value is -0.120. The number of likely N-dealkylation sites (N-methyl/N-ethyl adjacent to an activating group) is 1. The lowest BCUT2D eigenvalue weighted by Gasteiger charge is -2.35. The molecule has 3 nitrogen and oxygen atoms in total. The van der Waals surface area contributed by atoms with Crippen LogP contribution in [-0.2, 0) is 4.74 Å². The van der Waals surface area contributed by atoms with Crippen LogP contribution >= 0.6 is 0 Å². The van der Waals surface area contributed by atoms with Gasteiger partial charge in [0.15, 0.2) is 6.23 Å².